The summed E-state index contributed by atoms with van der Waals surface area (Å²) in [5, 5.41) is 23.4. The van der Waals surface area contributed by atoms with Crippen LogP contribution in [-0.2, 0) is 11.4 Å². The highest BCUT2D eigenvalue weighted by atomic mass is 32.2. The summed E-state index contributed by atoms with van der Waals surface area (Å²) >= 11 is 1.35. The van der Waals surface area contributed by atoms with Gasteiger partial charge in [0.05, 0.1) is 16.2 Å². The van der Waals surface area contributed by atoms with Gasteiger partial charge in [-0.2, -0.15) is 0 Å². The summed E-state index contributed by atoms with van der Waals surface area (Å²) in [6, 6.07) is 9.39. The number of halogens is 1. The van der Waals surface area contributed by atoms with E-state index in [-0.39, 0.29) is 23.5 Å². The van der Waals surface area contributed by atoms with Crippen molar-refractivity contribution >= 4 is 23.4 Å². The zero-order valence-corrected chi connectivity index (χ0v) is 14.3. The van der Waals surface area contributed by atoms with Gasteiger partial charge in [0.2, 0.25) is 0 Å². The van der Waals surface area contributed by atoms with Crippen LogP contribution in [0.15, 0.2) is 42.5 Å². The first-order valence-electron chi connectivity index (χ1n) is 7.77. The molecule has 1 aliphatic heterocycles. The lowest BCUT2D eigenvalue weighted by atomic mass is 10.1. The monoisotopic (exact) mass is 378 g/mol. The molecule has 1 fully saturated rings. The molecule has 136 valence electrons. The number of carboxylic acid groups (broad SMARTS) is 1. The van der Waals surface area contributed by atoms with E-state index in [4.69, 9.17) is 4.74 Å². The zero-order valence-electron chi connectivity index (χ0n) is 13.5. The first-order valence-corrected chi connectivity index (χ1v) is 8.82. The number of hydrogen-bond donors (Lipinski definition) is 1. The lowest BCUT2D eigenvalue weighted by Crippen LogP contribution is -2.90. The van der Waals surface area contributed by atoms with E-state index in [0.29, 0.717) is 22.6 Å². The van der Waals surface area contributed by atoms with E-state index in [9.17, 15) is 24.4 Å². The Hall–Kier alpha value is -2.65. The van der Waals surface area contributed by atoms with Crippen molar-refractivity contribution in [2.45, 2.75) is 18.0 Å². The molecular formula is C17H15FN2O5S. The Morgan fingerprint density at radius 2 is 2.15 bits per heavy atom. The number of quaternary nitrogens is 1. The van der Waals surface area contributed by atoms with Gasteiger partial charge < -0.3 is 20.0 Å². The number of carboxylic acids is 1. The predicted molar refractivity (Wildman–Crippen MR) is 89.7 cm³/mol. The molecule has 3 rings (SSSR count). The van der Waals surface area contributed by atoms with Crippen molar-refractivity contribution in [2.75, 3.05) is 5.75 Å². The summed E-state index contributed by atoms with van der Waals surface area (Å²) < 4.78 is 19.0. The van der Waals surface area contributed by atoms with E-state index >= 15 is 0 Å². The second kappa shape index (κ2) is 7.71. The number of rotatable bonds is 6. The van der Waals surface area contributed by atoms with E-state index in [1.807, 2.05) is 0 Å². The van der Waals surface area contributed by atoms with Crippen LogP contribution in [0.4, 0.5) is 10.1 Å². The van der Waals surface area contributed by atoms with Crippen LogP contribution < -0.4 is 15.2 Å². The van der Waals surface area contributed by atoms with Crippen molar-refractivity contribution in [3.8, 4) is 5.75 Å². The molecule has 1 aliphatic rings. The van der Waals surface area contributed by atoms with Crippen LogP contribution >= 0.6 is 11.8 Å². The molecule has 26 heavy (non-hydrogen) atoms. The van der Waals surface area contributed by atoms with Crippen molar-refractivity contribution in [1.29, 1.82) is 0 Å². The Labute approximate surface area is 152 Å². The van der Waals surface area contributed by atoms with Crippen molar-refractivity contribution in [3.63, 3.8) is 0 Å². The molecule has 0 radical (unpaired) electrons. The van der Waals surface area contributed by atoms with Gasteiger partial charge in [0.1, 0.15) is 30.2 Å². The molecule has 0 bridgehead atoms. The Balaban J connectivity index is 1.84. The fourth-order valence-electron chi connectivity index (χ4n) is 2.66. The van der Waals surface area contributed by atoms with Crippen molar-refractivity contribution in [1.82, 2.24) is 0 Å². The lowest BCUT2D eigenvalue weighted by Gasteiger charge is -2.15. The highest BCUT2D eigenvalue weighted by molar-refractivity contribution is 7.99. The number of nitrogens with zero attached hydrogens (tertiary/aromatic N) is 1. The Bertz CT molecular complexity index is 848. The molecule has 2 atom stereocenters. The molecule has 2 aromatic carbocycles. The zero-order chi connectivity index (χ0) is 18.7. The van der Waals surface area contributed by atoms with Crippen molar-refractivity contribution in [2.24, 2.45) is 0 Å². The third kappa shape index (κ3) is 4.12. The molecule has 7 nitrogen and oxygen atoms in total. The molecule has 1 heterocycles. The molecule has 0 aromatic heterocycles. The number of carbonyl (C=O) groups is 1. The first kappa shape index (κ1) is 18.2. The van der Waals surface area contributed by atoms with E-state index in [0.717, 1.165) is 0 Å². The molecular weight excluding hydrogens is 363 g/mol. The van der Waals surface area contributed by atoms with Crippen LogP contribution in [-0.4, -0.2) is 22.7 Å². The van der Waals surface area contributed by atoms with Gasteiger partial charge in [-0.25, -0.2) is 4.39 Å². The van der Waals surface area contributed by atoms with Gasteiger partial charge in [0, 0.05) is 12.1 Å². The molecule has 9 heteroatoms. The number of ether oxygens (including phenoxy) is 1. The topological polar surface area (TPSA) is 109 Å². The molecule has 0 spiro atoms. The summed E-state index contributed by atoms with van der Waals surface area (Å²) in [6.45, 7) is 0.0872. The molecule has 2 N–H and O–H groups in total. The molecule has 2 aromatic rings. The smallest absolute Gasteiger partial charge is 0.270 e. The molecule has 0 aliphatic carbocycles. The van der Waals surface area contributed by atoms with Gasteiger partial charge in [0.25, 0.3) is 5.69 Å². The number of non-ortho nitro benzene ring substituents is 1. The standard InChI is InChI=1S/C17H15FN2O5S/c18-11-3-1-2-10(6-11)8-25-15-5-4-12(20(23)24)7-13(15)16-19-14(9-26-16)17(21)22/h1-7,14,16,19H,8-9H2,(H,21,22). The van der Waals surface area contributed by atoms with Crippen LogP contribution in [0.2, 0.25) is 0 Å². The number of nitro groups is 1. The van der Waals surface area contributed by atoms with Gasteiger partial charge >= 0.3 is 0 Å². The fourth-order valence-corrected chi connectivity index (χ4v) is 3.99. The van der Waals surface area contributed by atoms with E-state index in [2.05, 4.69) is 0 Å². The minimum atomic E-state index is -1.17. The third-order valence-electron chi connectivity index (χ3n) is 3.96. The van der Waals surface area contributed by atoms with Crippen LogP contribution in [0.1, 0.15) is 16.5 Å². The third-order valence-corrected chi connectivity index (χ3v) is 5.28. The van der Waals surface area contributed by atoms with Crippen LogP contribution in [0.5, 0.6) is 5.75 Å². The minimum absolute atomic E-state index is 0.0872. The number of benzene rings is 2. The molecule has 1 saturated heterocycles. The number of aliphatic carboxylic acids is 1. The Kier molecular flexibility index (Phi) is 5.38. The van der Waals surface area contributed by atoms with E-state index in [1.54, 1.807) is 17.4 Å². The summed E-state index contributed by atoms with van der Waals surface area (Å²) in [7, 11) is 0. The van der Waals surface area contributed by atoms with Gasteiger partial charge in [0.15, 0.2) is 5.37 Å². The van der Waals surface area contributed by atoms with Crippen molar-refractivity contribution in [3.05, 3.63) is 69.5 Å². The van der Waals surface area contributed by atoms with E-state index in [1.165, 1.54) is 42.1 Å². The summed E-state index contributed by atoms with van der Waals surface area (Å²) in [5.41, 5.74) is 1.03. The van der Waals surface area contributed by atoms with Crippen LogP contribution in [0.25, 0.3) is 0 Å². The molecule has 2 unspecified atom stereocenters. The summed E-state index contributed by atoms with van der Waals surface area (Å²) in [4.78, 5) is 21.6. The summed E-state index contributed by atoms with van der Waals surface area (Å²) in [6.07, 6.45) is 0. The number of nitro benzene ring substituents is 1. The molecule has 0 saturated carbocycles. The highest BCUT2D eigenvalue weighted by Crippen LogP contribution is 2.36. The predicted octanol–water partition coefficient (Wildman–Crippen LogP) is 0.740. The lowest BCUT2D eigenvalue weighted by molar-refractivity contribution is -0.690. The van der Waals surface area contributed by atoms with Gasteiger partial charge in [-0.3, -0.25) is 10.1 Å². The normalized spacial score (nSPS) is 19.3. The first-order chi connectivity index (χ1) is 12.4. The molecule has 0 amide bonds. The Morgan fingerprint density at radius 3 is 2.81 bits per heavy atom. The number of thioether (sulfide) groups is 1. The van der Waals surface area contributed by atoms with Crippen molar-refractivity contribution < 1.29 is 29.3 Å². The van der Waals surface area contributed by atoms with Crippen LogP contribution in [0.3, 0.4) is 0 Å². The second-order valence-corrected chi connectivity index (χ2v) is 6.94. The Morgan fingerprint density at radius 1 is 1.35 bits per heavy atom. The van der Waals surface area contributed by atoms with Gasteiger partial charge in [-0.1, -0.05) is 23.9 Å². The average Bonchev–Trinajstić information content (AvgIpc) is 3.10. The maximum atomic E-state index is 13.3. The van der Waals surface area contributed by atoms with Gasteiger partial charge in [-0.15, -0.1) is 0 Å². The van der Waals surface area contributed by atoms with E-state index < -0.39 is 16.9 Å². The van der Waals surface area contributed by atoms with Gasteiger partial charge in [-0.05, 0) is 23.8 Å². The minimum Gasteiger partial charge on any atom is -0.544 e. The summed E-state index contributed by atoms with van der Waals surface area (Å²) in [5.74, 6) is -0.828. The number of nitrogens with two attached hydrogens (primary N) is 1. The quantitative estimate of drug-likeness (QED) is 0.587. The van der Waals surface area contributed by atoms with Crippen LogP contribution in [0, 0.1) is 15.9 Å². The second-order valence-electron chi connectivity index (χ2n) is 5.77. The fraction of sp³-hybridized carbons (Fsp3) is 0.235. The maximum absolute atomic E-state index is 13.3. The maximum Gasteiger partial charge on any atom is 0.270 e. The number of hydrogen-bond acceptors (Lipinski definition) is 6. The average molecular weight is 378 g/mol. The largest absolute Gasteiger partial charge is 0.544 e. The highest BCUT2D eigenvalue weighted by Gasteiger charge is 2.33. The number of carbonyl (C=O) groups excluding carboxylic acids is 1. The SMILES string of the molecule is O=C([O-])C1CSC(c2cc([N+](=O)[O-])ccc2OCc2cccc(F)c2)[NH2+]1.